The zero-order chi connectivity index (χ0) is 8.04. The fourth-order valence-corrected chi connectivity index (χ4v) is 1.90. The third-order valence-corrected chi connectivity index (χ3v) is 2.99. The molecule has 0 aromatic carbocycles. The van der Waals surface area contributed by atoms with Crippen LogP contribution in [0, 0.1) is 0 Å². The van der Waals surface area contributed by atoms with Crippen LogP contribution in [0.5, 0.6) is 0 Å². The molecule has 0 rings (SSSR count). The van der Waals surface area contributed by atoms with Gasteiger partial charge in [0.2, 0.25) is 0 Å². The van der Waals surface area contributed by atoms with Gasteiger partial charge in [-0.25, -0.2) is 0 Å². The maximum Gasteiger partial charge on any atom is 0.430 e. The molecule has 0 amide bonds. The predicted molar refractivity (Wildman–Crippen MR) is 49.9 cm³/mol. The van der Waals surface area contributed by atoms with E-state index in [1.807, 2.05) is 0 Å². The number of hydrogen-bond donors (Lipinski definition) is 3. The second kappa shape index (κ2) is 7.88. The van der Waals surface area contributed by atoms with Crippen molar-refractivity contribution in [2.75, 3.05) is 19.3 Å². The average Bonchev–Trinajstić information content (AvgIpc) is 1.78. The Bertz CT molecular complexity index is 182. The van der Waals surface area contributed by atoms with Crippen LogP contribution in [-0.4, -0.2) is 62.2 Å². The first kappa shape index (κ1) is 14.8. The van der Waals surface area contributed by atoms with E-state index in [4.69, 9.17) is 9.11 Å². The molecular weight excluding hydrogens is 197 g/mol. The Hall–Kier alpha value is 1.25. The number of nitrogens with one attached hydrogen (secondary N) is 1. The maximum absolute atomic E-state index is 10.2. The van der Waals surface area contributed by atoms with Crippen molar-refractivity contribution in [1.82, 2.24) is 5.32 Å². The molecule has 0 saturated carbocycles. The van der Waals surface area contributed by atoms with Crippen LogP contribution in [0.1, 0.15) is 6.42 Å². The van der Waals surface area contributed by atoms with Gasteiger partial charge in [-0.15, -0.1) is 0 Å². The van der Waals surface area contributed by atoms with E-state index >= 15 is 0 Å². The average molecular weight is 209 g/mol. The Morgan fingerprint density at radius 1 is 1.55 bits per heavy atom. The second-order valence-electron chi connectivity index (χ2n) is 1.73. The molecule has 0 unspecified atom stereocenters. The Kier molecular flexibility index (Phi) is 10.6. The van der Waals surface area contributed by atoms with E-state index in [2.05, 4.69) is 5.32 Å². The molecule has 0 aliphatic rings. The number of hydrogen-bond acceptors (Lipinski definition) is 2. The quantitative estimate of drug-likeness (QED) is 0.330. The Labute approximate surface area is 92.7 Å². The maximum atomic E-state index is 10.2. The van der Waals surface area contributed by atoms with Crippen LogP contribution >= 0.6 is 0 Å². The molecule has 4 nitrogen and oxygen atoms in total. The van der Waals surface area contributed by atoms with Crippen molar-refractivity contribution < 1.29 is 13.3 Å². The van der Waals surface area contributed by atoms with E-state index in [9.17, 15) is 4.21 Å². The summed E-state index contributed by atoms with van der Waals surface area (Å²) in [5, 5.41) is 2.88. The van der Waals surface area contributed by atoms with Gasteiger partial charge in [0.25, 0.3) is 10.3 Å². The van der Waals surface area contributed by atoms with Crippen molar-refractivity contribution in [3.8, 4) is 0 Å². The van der Waals surface area contributed by atoms with Crippen LogP contribution in [0.2, 0.25) is 0 Å². The summed E-state index contributed by atoms with van der Waals surface area (Å²) in [4.78, 5) is 0. The molecule has 0 spiro atoms. The van der Waals surface area contributed by atoms with Gasteiger partial charge in [-0.3, -0.25) is 9.11 Å². The van der Waals surface area contributed by atoms with Gasteiger partial charge >= 0.3 is 9.05 Å². The molecule has 0 heterocycles. The molecule has 3 N–H and O–H groups in total. The molecule has 1 radical (unpaired) electrons. The topological polar surface area (TPSA) is 69.6 Å². The van der Waals surface area contributed by atoms with Crippen LogP contribution in [-0.2, 0) is 19.4 Å². The van der Waals surface area contributed by atoms with E-state index < -0.39 is 9.05 Å². The smallest absolute Gasteiger partial charge is 0.320 e. The molecule has 0 atom stereocenters. The van der Waals surface area contributed by atoms with Crippen LogP contribution in [0.4, 0.5) is 0 Å². The summed E-state index contributed by atoms with van der Waals surface area (Å²) in [6.45, 7) is 0.794. The Morgan fingerprint density at radius 3 is 2.45 bits per heavy atom. The normalized spacial score (nSPS) is 10.5. The summed E-state index contributed by atoms with van der Waals surface area (Å²) in [6.07, 6.45) is 0.777. The van der Waals surface area contributed by atoms with Gasteiger partial charge in [-0.1, -0.05) is 0 Å². The van der Waals surface area contributed by atoms with E-state index in [0.29, 0.717) is 16.1 Å². The predicted octanol–water partition coefficient (Wildman–Crippen LogP) is -0.557. The van der Waals surface area contributed by atoms with Crippen molar-refractivity contribution in [3.63, 3.8) is 0 Å². The zero-order valence-corrected chi connectivity index (χ0v) is 10.4. The first-order valence-corrected chi connectivity index (χ1v) is 5.82. The molecule has 0 aromatic heterocycles. The Morgan fingerprint density at radius 2 is 2.09 bits per heavy atom. The molecule has 7 heteroatoms. The summed E-state index contributed by atoms with van der Waals surface area (Å²) in [5.74, 6) is 0.493. The minimum atomic E-state index is -3.57. The van der Waals surface area contributed by atoms with Crippen molar-refractivity contribution in [3.05, 3.63) is 0 Å². The van der Waals surface area contributed by atoms with Crippen LogP contribution < -0.4 is 5.32 Å². The van der Waals surface area contributed by atoms with Crippen LogP contribution in [0.3, 0.4) is 0 Å². The molecule has 11 heavy (non-hydrogen) atoms. The molecule has 63 valence electrons. The van der Waals surface area contributed by atoms with E-state index in [-0.39, 0.29) is 29.6 Å². The molecule has 0 aliphatic heterocycles. The third-order valence-electron chi connectivity index (χ3n) is 0.808. The summed E-state index contributed by atoms with van der Waals surface area (Å²) in [5.41, 5.74) is 0. The van der Waals surface area contributed by atoms with Gasteiger partial charge < -0.3 is 5.32 Å². The van der Waals surface area contributed by atoms with Gasteiger partial charge in [-0.2, -0.15) is 4.21 Å². The van der Waals surface area contributed by atoms with Crippen LogP contribution in [0.25, 0.3) is 0 Å². The number of rotatable bonds is 4. The molecule has 0 saturated heterocycles. The molecule has 0 bridgehead atoms. The van der Waals surface area contributed by atoms with Crippen molar-refractivity contribution in [2.45, 2.75) is 6.42 Å². The van der Waals surface area contributed by atoms with Gasteiger partial charge in [-0.05, 0) is 13.6 Å². The SMILES string of the molecule is CNCCC[S+]=S(=O)(O)O.[Na]. The Balaban J connectivity index is 0. The van der Waals surface area contributed by atoms with Gasteiger partial charge in [0.05, 0.1) is 0 Å². The minimum absolute atomic E-state index is 0. The largest absolute Gasteiger partial charge is 0.430 e. The van der Waals surface area contributed by atoms with E-state index in [0.717, 1.165) is 13.0 Å². The van der Waals surface area contributed by atoms with Gasteiger partial charge in [0.1, 0.15) is 0 Å². The first-order valence-electron chi connectivity index (χ1n) is 2.84. The fourth-order valence-electron chi connectivity index (χ4n) is 0.416. The van der Waals surface area contributed by atoms with Crippen molar-refractivity contribution in [2.24, 2.45) is 0 Å². The summed E-state index contributed by atoms with van der Waals surface area (Å²) < 4.78 is 26.9. The second-order valence-corrected chi connectivity index (χ2v) is 5.28. The first-order chi connectivity index (χ1) is 4.56. The van der Waals surface area contributed by atoms with Crippen LogP contribution in [0.15, 0.2) is 0 Å². The molecule has 0 aliphatic carbocycles. The summed E-state index contributed by atoms with van der Waals surface area (Å²) >= 11 is 0. The standard InChI is InChI=1S/C4H11NO3S2.Na/c1-5-3-2-4-9-10(6,7)8;/h5H,2-4H2,1H3,(H-,6,7,8);/p+1. The molecule has 0 aromatic rings. The zero-order valence-electron chi connectivity index (χ0n) is 6.74. The monoisotopic (exact) mass is 209 g/mol. The van der Waals surface area contributed by atoms with Crippen molar-refractivity contribution in [1.29, 1.82) is 0 Å². The molecule has 0 fully saturated rings. The van der Waals surface area contributed by atoms with Gasteiger partial charge in [0.15, 0.2) is 5.75 Å². The van der Waals surface area contributed by atoms with Gasteiger partial charge in [0, 0.05) is 36.0 Å². The fraction of sp³-hybridized carbons (Fsp3) is 1.00. The van der Waals surface area contributed by atoms with E-state index in [1.165, 1.54) is 0 Å². The third kappa shape index (κ3) is 14.1. The van der Waals surface area contributed by atoms with E-state index in [1.54, 1.807) is 7.05 Å². The minimum Gasteiger partial charge on any atom is -0.320 e. The summed E-state index contributed by atoms with van der Waals surface area (Å²) in [6, 6.07) is 0. The molecular formula is C4H12NNaO3S2+. The summed E-state index contributed by atoms with van der Waals surface area (Å²) in [7, 11) is -1.09. The van der Waals surface area contributed by atoms with Crippen molar-refractivity contribution >= 4 is 48.9 Å².